The molecule has 0 saturated heterocycles. The number of sulfonamides is 1. The van der Waals surface area contributed by atoms with E-state index in [1.54, 1.807) is 24.3 Å². The van der Waals surface area contributed by atoms with Gasteiger partial charge in [0.15, 0.2) is 0 Å². The van der Waals surface area contributed by atoms with Crippen LogP contribution >= 0.6 is 0 Å². The van der Waals surface area contributed by atoms with Crippen LogP contribution in [0.1, 0.15) is 37.5 Å². The number of rotatable bonds is 5. The van der Waals surface area contributed by atoms with Crippen molar-refractivity contribution in [1.29, 1.82) is 0 Å². The average molecular weight is 406 g/mol. The molecule has 0 fully saturated rings. The zero-order valence-electron chi connectivity index (χ0n) is 17.6. The van der Waals surface area contributed by atoms with E-state index in [1.807, 2.05) is 32.9 Å². The lowest BCUT2D eigenvalue weighted by Crippen LogP contribution is -2.44. The maximum absolute atomic E-state index is 12.6. The summed E-state index contributed by atoms with van der Waals surface area (Å²) in [6.07, 6.45) is 0. The first-order valence-corrected chi connectivity index (χ1v) is 13.5. The summed E-state index contributed by atoms with van der Waals surface area (Å²) in [5, 5.41) is 0.0948. The van der Waals surface area contributed by atoms with Crippen molar-refractivity contribution in [2.75, 3.05) is 4.72 Å². The van der Waals surface area contributed by atoms with Crippen LogP contribution < -0.4 is 9.15 Å². The minimum atomic E-state index is -3.62. The molecular weight excluding hydrogens is 374 g/mol. The van der Waals surface area contributed by atoms with Gasteiger partial charge in [0.2, 0.25) is 0 Å². The Hall–Kier alpha value is -1.79. The molecule has 0 spiro atoms. The molecule has 0 radical (unpaired) electrons. The predicted octanol–water partition coefficient (Wildman–Crippen LogP) is 5.80. The van der Waals surface area contributed by atoms with Crippen LogP contribution in [0.3, 0.4) is 0 Å². The molecule has 0 heterocycles. The standard InChI is InChI=1S/C21H31NO3SSi/c1-15-9-11-19(12-10-15)26(23,24)22-18-13-16(2)20(17(3)14-18)25-27(7,8)21(4,5)6/h9-14,22H,1-8H3. The van der Waals surface area contributed by atoms with Crippen molar-refractivity contribution in [3.63, 3.8) is 0 Å². The Morgan fingerprint density at radius 2 is 1.41 bits per heavy atom. The number of hydrogen-bond acceptors (Lipinski definition) is 3. The smallest absolute Gasteiger partial charge is 0.261 e. The second-order valence-electron chi connectivity index (χ2n) is 8.72. The van der Waals surface area contributed by atoms with E-state index < -0.39 is 18.3 Å². The normalized spacial score (nSPS) is 12.7. The summed E-state index contributed by atoms with van der Waals surface area (Å²) in [6, 6.07) is 10.5. The molecule has 2 aromatic carbocycles. The Morgan fingerprint density at radius 1 is 0.926 bits per heavy atom. The molecule has 0 aliphatic carbocycles. The SMILES string of the molecule is Cc1ccc(S(=O)(=O)Nc2cc(C)c(O[Si](C)(C)C(C)(C)C)c(C)c2)cc1. The van der Waals surface area contributed by atoms with Gasteiger partial charge in [-0.2, -0.15) is 0 Å². The van der Waals surface area contributed by atoms with E-state index in [2.05, 4.69) is 38.6 Å². The van der Waals surface area contributed by atoms with Crippen molar-refractivity contribution in [3.8, 4) is 5.75 Å². The molecule has 4 nitrogen and oxygen atoms in total. The molecule has 148 valence electrons. The second-order valence-corrected chi connectivity index (χ2v) is 15.1. The van der Waals surface area contributed by atoms with E-state index in [9.17, 15) is 8.42 Å². The number of benzene rings is 2. The quantitative estimate of drug-likeness (QED) is 0.640. The van der Waals surface area contributed by atoms with E-state index >= 15 is 0 Å². The van der Waals surface area contributed by atoms with Gasteiger partial charge in [0.05, 0.1) is 4.90 Å². The summed E-state index contributed by atoms with van der Waals surface area (Å²) in [4.78, 5) is 0.255. The highest BCUT2D eigenvalue weighted by atomic mass is 32.2. The Morgan fingerprint density at radius 3 is 1.85 bits per heavy atom. The molecule has 0 bridgehead atoms. The third kappa shape index (κ3) is 4.93. The molecule has 0 atom stereocenters. The van der Waals surface area contributed by atoms with Gasteiger partial charge >= 0.3 is 0 Å². The summed E-state index contributed by atoms with van der Waals surface area (Å²) >= 11 is 0. The number of hydrogen-bond donors (Lipinski definition) is 1. The van der Waals surface area contributed by atoms with Gasteiger partial charge in [0.25, 0.3) is 18.3 Å². The van der Waals surface area contributed by atoms with Gasteiger partial charge in [-0.25, -0.2) is 8.42 Å². The Kier molecular flexibility index (Phi) is 5.83. The molecule has 0 amide bonds. The lowest BCUT2D eigenvalue weighted by atomic mass is 10.1. The van der Waals surface area contributed by atoms with E-state index in [-0.39, 0.29) is 9.93 Å². The topological polar surface area (TPSA) is 55.4 Å². The fraction of sp³-hybridized carbons (Fsp3) is 0.429. The highest BCUT2D eigenvalue weighted by Gasteiger charge is 2.39. The molecule has 0 unspecified atom stereocenters. The molecule has 27 heavy (non-hydrogen) atoms. The Balaban J connectivity index is 2.33. The third-order valence-electron chi connectivity index (χ3n) is 5.21. The predicted molar refractivity (Wildman–Crippen MR) is 116 cm³/mol. The fourth-order valence-corrected chi connectivity index (χ4v) is 4.69. The van der Waals surface area contributed by atoms with Crippen LogP contribution in [0, 0.1) is 20.8 Å². The summed E-state index contributed by atoms with van der Waals surface area (Å²) < 4.78 is 34.4. The largest absolute Gasteiger partial charge is 0.543 e. The highest BCUT2D eigenvalue weighted by Crippen LogP contribution is 2.39. The van der Waals surface area contributed by atoms with Crippen LogP contribution in [-0.4, -0.2) is 16.7 Å². The van der Waals surface area contributed by atoms with E-state index in [0.717, 1.165) is 22.4 Å². The fourth-order valence-electron chi connectivity index (χ4n) is 2.51. The molecule has 0 aliphatic rings. The highest BCUT2D eigenvalue weighted by molar-refractivity contribution is 7.92. The Labute approximate surface area is 165 Å². The molecule has 0 aliphatic heterocycles. The lowest BCUT2D eigenvalue weighted by Gasteiger charge is -2.37. The maximum atomic E-state index is 12.6. The van der Waals surface area contributed by atoms with Crippen LogP contribution in [-0.2, 0) is 10.0 Å². The molecule has 2 rings (SSSR count). The van der Waals surface area contributed by atoms with Crippen LogP contribution in [0.2, 0.25) is 18.1 Å². The maximum Gasteiger partial charge on any atom is 0.261 e. The van der Waals surface area contributed by atoms with Gasteiger partial charge in [0.1, 0.15) is 5.75 Å². The first-order chi connectivity index (χ1) is 12.2. The monoisotopic (exact) mass is 405 g/mol. The van der Waals surface area contributed by atoms with Crippen LogP contribution in [0.4, 0.5) is 5.69 Å². The summed E-state index contributed by atoms with van der Waals surface area (Å²) in [6.45, 7) is 16.9. The molecule has 2 aromatic rings. The number of anilines is 1. The van der Waals surface area contributed by atoms with E-state index in [1.165, 1.54) is 0 Å². The van der Waals surface area contributed by atoms with E-state index in [0.29, 0.717) is 5.69 Å². The van der Waals surface area contributed by atoms with Crippen LogP contribution in [0.25, 0.3) is 0 Å². The van der Waals surface area contributed by atoms with Crippen LogP contribution in [0.5, 0.6) is 5.75 Å². The van der Waals surface area contributed by atoms with Crippen molar-refractivity contribution >= 4 is 24.0 Å². The zero-order valence-corrected chi connectivity index (χ0v) is 19.4. The summed E-state index contributed by atoms with van der Waals surface area (Å²) in [5.41, 5.74) is 3.43. The van der Waals surface area contributed by atoms with Gasteiger partial charge in [-0.05, 0) is 74.3 Å². The molecule has 0 aromatic heterocycles. The van der Waals surface area contributed by atoms with Gasteiger partial charge in [0, 0.05) is 5.69 Å². The molecular formula is C21H31NO3SSi. The lowest BCUT2D eigenvalue weighted by molar-refractivity contribution is 0.486. The van der Waals surface area contributed by atoms with Crippen molar-refractivity contribution in [2.24, 2.45) is 0 Å². The van der Waals surface area contributed by atoms with Gasteiger partial charge in [-0.1, -0.05) is 38.5 Å². The molecule has 0 saturated carbocycles. The summed E-state index contributed by atoms with van der Waals surface area (Å²) in [5.74, 6) is 0.861. The second kappa shape index (κ2) is 7.32. The van der Waals surface area contributed by atoms with Gasteiger partial charge in [-0.3, -0.25) is 4.72 Å². The van der Waals surface area contributed by atoms with E-state index in [4.69, 9.17) is 4.43 Å². The van der Waals surface area contributed by atoms with Crippen molar-refractivity contribution in [1.82, 2.24) is 0 Å². The molecule has 6 heteroatoms. The van der Waals surface area contributed by atoms with Crippen molar-refractivity contribution < 1.29 is 12.8 Å². The minimum absolute atomic E-state index is 0.0948. The van der Waals surface area contributed by atoms with Gasteiger partial charge in [-0.15, -0.1) is 0 Å². The van der Waals surface area contributed by atoms with Crippen LogP contribution in [0.15, 0.2) is 41.3 Å². The average Bonchev–Trinajstić information content (AvgIpc) is 2.50. The number of aryl methyl sites for hydroxylation is 3. The molecule has 1 N–H and O–H groups in total. The third-order valence-corrected chi connectivity index (χ3v) is 10.9. The van der Waals surface area contributed by atoms with Crippen molar-refractivity contribution in [2.45, 2.75) is 64.6 Å². The minimum Gasteiger partial charge on any atom is -0.543 e. The summed E-state index contributed by atoms with van der Waals surface area (Å²) in [7, 11) is -5.59. The first kappa shape index (κ1) is 21.5. The number of nitrogens with one attached hydrogen (secondary N) is 1. The van der Waals surface area contributed by atoms with Gasteiger partial charge < -0.3 is 4.43 Å². The first-order valence-electron chi connectivity index (χ1n) is 9.13. The Bertz CT molecular complexity index is 904. The van der Waals surface area contributed by atoms with Crippen molar-refractivity contribution in [3.05, 3.63) is 53.1 Å². The zero-order chi connectivity index (χ0) is 20.6.